The molecule has 1 aromatic heterocycles. The number of nitrogen functional groups attached to an aromatic ring is 1. The van der Waals surface area contributed by atoms with E-state index in [4.69, 9.17) is 5.73 Å². The summed E-state index contributed by atoms with van der Waals surface area (Å²) in [5.41, 5.74) is 6.42. The van der Waals surface area contributed by atoms with Crippen LogP contribution < -0.4 is 5.73 Å². The quantitative estimate of drug-likeness (QED) is 0.789. The molecule has 0 spiro atoms. The Labute approximate surface area is 103 Å². The predicted molar refractivity (Wildman–Crippen MR) is 66.2 cm³/mol. The number of aromatic nitrogens is 3. The molecule has 0 saturated carbocycles. The van der Waals surface area contributed by atoms with Gasteiger partial charge in [-0.2, -0.15) is 0 Å². The van der Waals surface area contributed by atoms with Crippen molar-refractivity contribution in [1.82, 2.24) is 15.0 Å². The zero-order chi connectivity index (χ0) is 10.1. The molecule has 4 nitrogen and oxygen atoms in total. The van der Waals surface area contributed by atoms with E-state index in [9.17, 15) is 0 Å². The lowest BCUT2D eigenvalue weighted by molar-refractivity contribution is 0.800. The van der Waals surface area contributed by atoms with Crippen LogP contribution in [0.3, 0.4) is 0 Å². The third-order valence-corrected chi connectivity index (χ3v) is 3.01. The Morgan fingerprint density at radius 1 is 1.43 bits per heavy atom. The highest BCUT2D eigenvalue weighted by Gasteiger charge is 2.04. The topological polar surface area (TPSA) is 56.7 Å². The first kappa shape index (κ1) is 9.91. The van der Waals surface area contributed by atoms with E-state index >= 15 is 0 Å². The Bertz CT molecular complexity index is 468. The average molecular weight is 365 g/mol. The van der Waals surface area contributed by atoms with Crippen molar-refractivity contribution >= 4 is 44.3 Å². The van der Waals surface area contributed by atoms with Crippen molar-refractivity contribution in [2.45, 2.75) is 0 Å². The van der Waals surface area contributed by atoms with Crippen molar-refractivity contribution in [2.75, 3.05) is 5.73 Å². The molecule has 6 heteroatoms. The van der Waals surface area contributed by atoms with Crippen molar-refractivity contribution < 1.29 is 0 Å². The van der Waals surface area contributed by atoms with E-state index in [0.29, 0.717) is 5.82 Å². The third kappa shape index (κ3) is 1.90. The number of hydrogen-bond acceptors (Lipinski definition) is 3. The normalized spacial score (nSPS) is 10.4. The molecule has 14 heavy (non-hydrogen) atoms. The van der Waals surface area contributed by atoms with Crippen LogP contribution in [0.15, 0.2) is 28.9 Å². The Hall–Kier alpha value is -0.630. The van der Waals surface area contributed by atoms with E-state index in [1.54, 1.807) is 10.9 Å². The minimum atomic E-state index is 0.413. The van der Waals surface area contributed by atoms with Crippen molar-refractivity contribution in [3.8, 4) is 5.69 Å². The fourth-order valence-electron chi connectivity index (χ4n) is 1.06. The van der Waals surface area contributed by atoms with Crippen LogP contribution in [0, 0.1) is 3.57 Å². The van der Waals surface area contributed by atoms with Gasteiger partial charge in [0.05, 0.1) is 11.9 Å². The average Bonchev–Trinajstić information content (AvgIpc) is 2.56. The molecule has 0 radical (unpaired) electrons. The molecular weight excluding hydrogens is 359 g/mol. The molecule has 2 N–H and O–H groups in total. The van der Waals surface area contributed by atoms with Crippen molar-refractivity contribution in [2.24, 2.45) is 0 Å². The molecule has 1 heterocycles. The molecule has 0 atom stereocenters. The Kier molecular flexibility index (Phi) is 2.73. The molecule has 2 rings (SSSR count). The van der Waals surface area contributed by atoms with Gasteiger partial charge in [-0.05, 0) is 56.7 Å². The number of hydrogen-bond donors (Lipinski definition) is 1. The number of halogens is 2. The van der Waals surface area contributed by atoms with Gasteiger partial charge in [0.2, 0.25) is 0 Å². The van der Waals surface area contributed by atoms with Crippen molar-refractivity contribution in [1.29, 1.82) is 0 Å². The molecule has 0 aliphatic heterocycles. The van der Waals surface area contributed by atoms with Crippen LogP contribution in [0.1, 0.15) is 0 Å². The van der Waals surface area contributed by atoms with E-state index in [0.717, 1.165) is 13.7 Å². The number of anilines is 1. The Morgan fingerprint density at radius 3 is 2.86 bits per heavy atom. The smallest absolute Gasteiger partial charge is 0.166 e. The zero-order valence-electron chi connectivity index (χ0n) is 6.98. The van der Waals surface area contributed by atoms with Gasteiger partial charge in [0, 0.05) is 8.04 Å². The lowest BCUT2D eigenvalue weighted by Crippen LogP contribution is -1.96. The van der Waals surface area contributed by atoms with Crippen LogP contribution in [0.25, 0.3) is 5.69 Å². The van der Waals surface area contributed by atoms with Crippen LogP contribution in [0.2, 0.25) is 0 Å². The van der Waals surface area contributed by atoms with E-state index < -0.39 is 0 Å². The summed E-state index contributed by atoms with van der Waals surface area (Å²) in [7, 11) is 0. The summed E-state index contributed by atoms with van der Waals surface area (Å²) in [6.45, 7) is 0. The van der Waals surface area contributed by atoms with Gasteiger partial charge in [0.1, 0.15) is 0 Å². The van der Waals surface area contributed by atoms with Gasteiger partial charge < -0.3 is 5.73 Å². The molecule has 72 valence electrons. The highest BCUT2D eigenvalue weighted by atomic mass is 127. The summed E-state index contributed by atoms with van der Waals surface area (Å²) in [6.07, 6.45) is 1.68. The summed E-state index contributed by atoms with van der Waals surface area (Å²) < 4.78 is 3.74. The van der Waals surface area contributed by atoms with Gasteiger partial charge in [-0.15, -0.1) is 5.10 Å². The standard InChI is InChI=1S/C8H6BrIN4/c9-6-2-1-5(10)3-7(6)14-4-8(11)12-13-14/h1-4H,11H2. The number of nitrogens with zero attached hydrogens (tertiary/aromatic N) is 3. The van der Waals surface area contributed by atoms with Crippen LogP contribution >= 0.6 is 38.5 Å². The highest BCUT2D eigenvalue weighted by molar-refractivity contribution is 14.1. The fraction of sp³-hybridized carbons (Fsp3) is 0. The number of benzene rings is 1. The summed E-state index contributed by atoms with van der Waals surface area (Å²) in [5.74, 6) is 0.413. The molecule has 0 unspecified atom stereocenters. The largest absolute Gasteiger partial charge is 0.381 e. The summed E-state index contributed by atoms with van der Waals surface area (Å²) in [5, 5.41) is 7.63. The van der Waals surface area contributed by atoms with Gasteiger partial charge in [0.25, 0.3) is 0 Å². The molecule has 0 aliphatic rings. The summed E-state index contributed by atoms with van der Waals surface area (Å²) in [4.78, 5) is 0. The molecule has 0 aliphatic carbocycles. The van der Waals surface area contributed by atoms with E-state index in [1.165, 1.54) is 0 Å². The van der Waals surface area contributed by atoms with Crippen LogP contribution in [0.5, 0.6) is 0 Å². The maximum atomic E-state index is 5.49. The second-order valence-electron chi connectivity index (χ2n) is 2.68. The van der Waals surface area contributed by atoms with Crippen LogP contribution in [0.4, 0.5) is 5.82 Å². The Balaban J connectivity index is 2.55. The highest BCUT2D eigenvalue weighted by Crippen LogP contribution is 2.22. The second-order valence-corrected chi connectivity index (χ2v) is 4.78. The molecule has 0 fully saturated rings. The monoisotopic (exact) mass is 364 g/mol. The molecule has 2 aromatic rings. The lowest BCUT2D eigenvalue weighted by Gasteiger charge is -2.03. The zero-order valence-corrected chi connectivity index (χ0v) is 10.7. The summed E-state index contributed by atoms with van der Waals surface area (Å²) in [6, 6.07) is 5.97. The molecule has 0 saturated heterocycles. The first-order valence-electron chi connectivity index (χ1n) is 3.80. The second kappa shape index (κ2) is 3.85. The lowest BCUT2D eigenvalue weighted by atomic mass is 10.3. The summed E-state index contributed by atoms with van der Waals surface area (Å²) >= 11 is 5.69. The molecular formula is C8H6BrIN4. The molecule has 0 bridgehead atoms. The maximum absolute atomic E-state index is 5.49. The van der Waals surface area contributed by atoms with Gasteiger partial charge >= 0.3 is 0 Å². The third-order valence-electron chi connectivity index (χ3n) is 1.67. The van der Waals surface area contributed by atoms with Gasteiger partial charge in [-0.3, -0.25) is 0 Å². The van der Waals surface area contributed by atoms with Gasteiger partial charge in [-0.25, -0.2) is 4.68 Å². The number of rotatable bonds is 1. The van der Waals surface area contributed by atoms with Gasteiger partial charge in [0.15, 0.2) is 5.82 Å². The van der Waals surface area contributed by atoms with E-state index in [1.807, 2.05) is 18.2 Å². The van der Waals surface area contributed by atoms with Crippen LogP contribution in [-0.2, 0) is 0 Å². The Morgan fingerprint density at radius 2 is 2.21 bits per heavy atom. The molecule has 1 aromatic carbocycles. The SMILES string of the molecule is Nc1cn(-c2cc(I)ccc2Br)nn1. The first-order valence-corrected chi connectivity index (χ1v) is 5.67. The van der Waals surface area contributed by atoms with E-state index in [-0.39, 0.29) is 0 Å². The molecule has 0 amide bonds. The van der Waals surface area contributed by atoms with Crippen LogP contribution in [-0.4, -0.2) is 15.0 Å². The number of nitrogens with two attached hydrogens (primary N) is 1. The first-order chi connectivity index (χ1) is 6.66. The van der Waals surface area contributed by atoms with E-state index in [2.05, 4.69) is 48.8 Å². The predicted octanol–water partition coefficient (Wildman–Crippen LogP) is 2.22. The fourth-order valence-corrected chi connectivity index (χ4v) is 1.96. The van der Waals surface area contributed by atoms with Gasteiger partial charge in [-0.1, -0.05) is 5.21 Å². The van der Waals surface area contributed by atoms with Crippen molar-refractivity contribution in [3.63, 3.8) is 0 Å². The minimum absolute atomic E-state index is 0.413. The minimum Gasteiger partial charge on any atom is -0.381 e. The maximum Gasteiger partial charge on any atom is 0.166 e. The van der Waals surface area contributed by atoms with Crippen molar-refractivity contribution in [3.05, 3.63) is 32.4 Å².